The number of nitrogens with zero attached hydrogens (tertiary/aromatic N) is 1. The first-order valence-electron chi connectivity index (χ1n) is 6.37. The summed E-state index contributed by atoms with van der Waals surface area (Å²) in [5, 5.41) is 16.1. The predicted octanol–water partition coefficient (Wildman–Crippen LogP) is 2.45. The minimum absolute atomic E-state index is 0.166. The second kappa shape index (κ2) is 7.54. The van der Waals surface area contributed by atoms with Crippen molar-refractivity contribution in [3.05, 3.63) is 34.1 Å². The lowest BCUT2D eigenvalue weighted by Crippen LogP contribution is -2.24. The van der Waals surface area contributed by atoms with E-state index in [1.54, 1.807) is 0 Å². The van der Waals surface area contributed by atoms with E-state index >= 15 is 0 Å². The fourth-order valence-electron chi connectivity index (χ4n) is 1.58. The van der Waals surface area contributed by atoms with Crippen molar-refractivity contribution in [3.63, 3.8) is 0 Å². The molecule has 0 bridgehead atoms. The molecule has 0 aliphatic carbocycles. The van der Waals surface area contributed by atoms with Crippen molar-refractivity contribution in [1.82, 2.24) is 5.32 Å². The number of carbonyl (C=O) groups is 1. The number of non-ortho nitro benzene ring substituents is 1. The second-order valence-electron chi connectivity index (χ2n) is 4.68. The third-order valence-electron chi connectivity index (χ3n) is 2.57. The van der Waals surface area contributed by atoms with E-state index in [9.17, 15) is 19.3 Å². The van der Waals surface area contributed by atoms with E-state index in [2.05, 4.69) is 10.6 Å². The van der Waals surface area contributed by atoms with Crippen molar-refractivity contribution in [2.75, 3.05) is 11.9 Å². The highest BCUT2D eigenvalue weighted by Crippen LogP contribution is 2.21. The normalized spacial score (nSPS) is 10.6. The summed E-state index contributed by atoms with van der Waals surface area (Å²) in [5.74, 6) is -1.06. The van der Waals surface area contributed by atoms with E-state index in [-0.39, 0.29) is 23.7 Å². The van der Waals surface area contributed by atoms with Crippen LogP contribution < -0.4 is 10.6 Å². The Morgan fingerprint density at radius 3 is 2.75 bits per heavy atom. The molecule has 20 heavy (non-hydrogen) atoms. The van der Waals surface area contributed by atoms with Gasteiger partial charge in [-0.1, -0.05) is 13.8 Å². The van der Waals surface area contributed by atoms with E-state index in [0.717, 1.165) is 18.2 Å². The van der Waals surface area contributed by atoms with Crippen LogP contribution in [0.15, 0.2) is 18.2 Å². The molecule has 7 heteroatoms. The molecule has 110 valence electrons. The molecule has 0 saturated heterocycles. The summed E-state index contributed by atoms with van der Waals surface area (Å²) in [5.41, 5.74) is -0.427. The highest BCUT2D eigenvalue weighted by Gasteiger charge is 2.12. The molecule has 0 atom stereocenters. The third-order valence-corrected chi connectivity index (χ3v) is 2.57. The van der Waals surface area contributed by atoms with Crippen molar-refractivity contribution in [3.8, 4) is 0 Å². The largest absolute Gasteiger partial charge is 0.323 e. The van der Waals surface area contributed by atoms with Gasteiger partial charge >= 0.3 is 0 Å². The van der Waals surface area contributed by atoms with Crippen molar-refractivity contribution in [2.45, 2.75) is 32.7 Å². The number of nitro benzene ring substituents is 1. The molecule has 1 aromatic rings. The van der Waals surface area contributed by atoms with E-state index in [4.69, 9.17) is 0 Å². The molecular weight excluding hydrogens is 265 g/mol. The zero-order chi connectivity index (χ0) is 15.1. The van der Waals surface area contributed by atoms with Crippen LogP contribution in [0.4, 0.5) is 15.8 Å². The fourth-order valence-corrected chi connectivity index (χ4v) is 1.58. The number of anilines is 1. The Bertz CT molecular complexity index is 492. The van der Waals surface area contributed by atoms with Gasteiger partial charge in [0.25, 0.3) is 5.69 Å². The Morgan fingerprint density at radius 1 is 1.45 bits per heavy atom. The smallest absolute Gasteiger partial charge is 0.271 e. The standard InChI is InChI=1S/C13H18FN3O3/c1-9(2)15-7-3-4-13(18)16-12-8-10(17(19)20)5-6-11(12)14/h5-6,8-9,15H,3-4,7H2,1-2H3,(H,16,18). The van der Waals surface area contributed by atoms with Gasteiger partial charge in [0.05, 0.1) is 10.6 Å². The van der Waals surface area contributed by atoms with Crippen LogP contribution in [0, 0.1) is 15.9 Å². The maximum atomic E-state index is 13.4. The highest BCUT2D eigenvalue weighted by molar-refractivity contribution is 5.91. The Labute approximate surface area is 116 Å². The lowest BCUT2D eigenvalue weighted by atomic mass is 10.2. The van der Waals surface area contributed by atoms with Crippen molar-refractivity contribution >= 4 is 17.3 Å². The molecule has 2 N–H and O–H groups in total. The van der Waals surface area contributed by atoms with E-state index in [1.807, 2.05) is 13.8 Å². The molecular formula is C13H18FN3O3. The summed E-state index contributed by atoms with van der Waals surface area (Å²) < 4.78 is 13.4. The van der Waals surface area contributed by atoms with Gasteiger partial charge < -0.3 is 10.6 Å². The van der Waals surface area contributed by atoms with Crippen molar-refractivity contribution in [2.24, 2.45) is 0 Å². The van der Waals surface area contributed by atoms with Crippen LogP contribution in [0.1, 0.15) is 26.7 Å². The molecule has 1 rings (SSSR count). The molecule has 6 nitrogen and oxygen atoms in total. The zero-order valence-electron chi connectivity index (χ0n) is 11.5. The van der Waals surface area contributed by atoms with E-state index in [0.29, 0.717) is 19.0 Å². The molecule has 0 radical (unpaired) electrons. The third kappa shape index (κ3) is 5.31. The fraction of sp³-hybridized carbons (Fsp3) is 0.462. The predicted molar refractivity (Wildman–Crippen MR) is 74.1 cm³/mol. The first-order valence-corrected chi connectivity index (χ1v) is 6.37. The highest BCUT2D eigenvalue weighted by atomic mass is 19.1. The van der Waals surface area contributed by atoms with Gasteiger partial charge in [-0.3, -0.25) is 14.9 Å². The average molecular weight is 283 g/mol. The molecule has 0 spiro atoms. The second-order valence-corrected chi connectivity index (χ2v) is 4.68. The van der Waals surface area contributed by atoms with Gasteiger partial charge in [0.15, 0.2) is 0 Å². The summed E-state index contributed by atoms with van der Waals surface area (Å²) in [7, 11) is 0. The first kappa shape index (κ1) is 16.0. The molecule has 0 saturated carbocycles. The Kier molecular flexibility index (Phi) is 6.05. The zero-order valence-corrected chi connectivity index (χ0v) is 11.5. The molecule has 0 aromatic heterocycles. The van der Waals surface area contributed by atoms with Crippen LogP contribution in [0.25, 0.3) is 0 Å². The lowest BCUT2D eigenvalue weighted by Gasteiger charge is -2.08. The summed E-state index contributed by atoms with van der Waals surface area (Å²) in [6.07, 6.45) is 0.836. The van der Waals surface area contributed by atoms with Gasteiger partial charge in [0.1, 0.15) is 5.82 Å². The topological polar surface area (TPSA) is 84.3 Å². The number of nitro groups is 1. The number of hydrogen-bond donors (Lipinski definition) is 2. The molecule has 0 aliphatic rings. The van der Waals surface area contributed by atoms with Gasteiger partial charge in [0, 0.05) is 24.6 Å². The summed E-state index contributed by atoms with van der Waals surface area (Å²) in [6, 6.07) is 3.37. The number of hydrogen-bond acceptors (Lipinski definition) is 4. The SMILES string of the molecule is CC(C)NCCCC(=O)Nc1cc([N+](=O)[O-])ccc1F. The van der Waals surface area contributed by atoms with Crippen LogP contribution in [-0.4, -0.2) is 23.4 Å². The molecule has 0 fully saturated rings. The molecule has 1 amide bonds. The van der Waals surface area contributed by atoms with Gasteiger partial charge in [-0.25, -0.2) is 4.39 Å². The molecule has 1 aromatic carbocycles. The van der Waals surface area contributed by atoms with E-state index in [1.165, 1.54) is 0 Å². The number of nitrogens with one attached hydrogen (secondary N) is 2. The maximum Gasteiger partial charge on any atom is 0.271 e. The van der Waals surface area contributed by atoms with Crippen LogP contribution in [-0.2, 0) is 4.79 Å². The maximum absolute atomic E-state index is 13.4. The minimum atomic E-state index is -0.691. The van der Waals surface area contributed by atoms with E-state index < -0.39 is 10.7 Å². The number of amides is 1. The van der Waals surface area contributed by atoms with Crippen LogP contribution in [0.5, 0.6) is 0 Å². The number of halogens is 1. The Hall–Kier alpha value is -2.02. The summed E-state index contributed by atoms with van der Waals surface area (Å²) >= 11 is 0. The van der Waals surface area contributed by atoms with Crippen molar-refractivity contribution < 1.29 is 14.1 Å². The van der Waals surface area contributed by atoms with Gasteiger partial charge in [-0.15, -0.1) is 0 Å². The molecule has 0 aliphatic heterocycles. The monoisotopic (exact) mass is 283 g/mol. The number of benzene rings is 1. The first-order chi connectivity index (χ1) is 9.40. The van der Waals surface area contributed by atoms with Gasteiger partial charge in [-0.05, 0) is 19.0 Å². The number of carbonyl (C=O) groups excluding carboxylic acids is 1. The Balaban J connectivity index is 2.53. The molecule has 0 heterocycles. The van der Waals surface area contributed by atoms with Crippen LogP contribution >= 0.6 is 0 Å². The van der Waals surface area contributed by atoms with Crippen molar-refractivity contribution in [1.29, 1.82) is 0 Å². The van der Waals surface area contributed by atoms with Crippen LogP contribution in [0.3, 0.4) is 0 Å². The Morgan fingerprint density at radius 2 is 2.15 bits per heavy atom. The van der Waals surface area contributed by atoms with Gasteiger partial charge in [-0.2, -0.15) is 0 Å². The summed E-state index contributed by atoms with van der Waals surface area (Å²) in [6.45, 7) is 4.68. The minimum Gasteiger partial charge on any atom is -0.323 e. The number of rotatable bonds is 7. The van der Waals surface area contributed by atoms with Gasteiger partial charge in [0.2, 0.25) is 5.91 Å². The average Bonchev–Trinajstić information content (AvgIpc) is 2.37. The summed E-state index contributed by atoms with van der Waals surface area (Å²) in [4.78, 5) is 21.6. The lowest BCUT2D eigenvalue weighted by molar-refractivity contribution is -0.384. The quantitative estimate of drug-likeness (QED) is 0.457. The van der Waals surface area contributed by atoms with Crippen LogP contribution in [0.2, 0.25) is 0 Å². The molecule has 0 unspecified atom stereocenters.